The maximum Gasteiger partial charge on any atom is 0.325 e. The van der Waals surface area contributed by atoms with Gasteiger partial charge in [-0.3, -0.25) is 9.59 Å². The number of urea groups is 1. The molecule has 0 aliphatic carbocycles. The summed E-state index contributed by atoms with van der Waals surface area (Å²) < 4.78 is 0. The largest absolute Gasteiger partial charge is 0.325 e. The molecule has 2 saturated heterocycles. The van der Waals surface area contributed by atoms with Gasteiger partial charge in [0.15, 0.2) is 0 Å². The molecule has 0 saturated carbocycles. The van der Waals surface area contributed by atoms with Gasteiger partial charge in [0, 0.05) is 25.3 Å². The third kappa shape index (κ3) is 4.45. The zero-order valence-corrected chi connectivity index (χ0v) is 17.8. The molecule has 29 heavy (non-hydrogen) atoms. The van der Waals surface area contributed by atoms with Gasteiger partial charge < -0.3 is 15.5 Å². The second kappa shape index (κ2) is 8.53. The molecule has 1 unspecified atom stereocenters. The van der Waals surface area contributed by atoms with Crippen molar-refractivity contribution >= 4 is 23.5 Å². The number of carbonyl (C=O) groups is 3. The fourth-order valence-corrected chi connectivity index (χ4v) is 4.15. The highest BCUT2D eigenvalue weighted by Gasteiger charge is 2.54. The quantitative estimate of drug-likeness (QED) is 0.719. The van der Waals surface area contributed by atoms with Crippen molar-refractivity contribution in [2.45, 2.75) is 58.5 Å². The Balaban J connectivity index is 1.65. The van der Waals surface area contributed by atoms with Crippen LogP contribution in [0.4, 0.5) is 10.5 Å². The number of piperidine rings is 1. The van der Waals surface area contributed by atoms with Crippen LogP contribution in [0.2, 0.25) is 0 Å². The number of likely N-dealkylation sites (tertiary alicyclic amines) is 1. The molecule has 1 atom stereocenters. The number of anilines is 1. The van der Waals surface area contributed by atoms with E-state index in [9.17, 15) is 14.4 Å². The number of aryl methyl sites for hydroxylation is 1. The summed E-state index contributed by atoms with van der Waals surface area (Å²) in [5, 5.41) is 5.70. The minimum absolute atomic E-state index is 0.282. The van der Waals surface area contributed by atoms with Crippen LogP contribution in [-0.4, -0.2) is 58.9 Å². The van der Waals surface area contributed by atoms with E-state index < -0.39 is 17.6 Å². The lowest BCUT2D eigenvalue weighted by atomic mass is 9.87. The molecule has 0 aromatic heterocycles. The fourth-order valence-electron chi connectivity index (χ4n) is 4.15. The highest BCUT2D eigenvalue weighted by Crippen LogP contribution is 2.31. The highest BCUT2D eigenvalue weighted by molar-refractivity contribution is 6.11. The van der Waals surface area contributed by atoms with Crippen molar-refractivity contribution in [3.05, 3.63) is 29.8 Å². The molecule has 2 heterocycles. The first kappa shape index (κ1) is 21.3. The van der Waals surface area contributed by atoms with Crippen LogP contribution in [0.25, 0.3) is 0 Å². The molecule has 1 aromatic carbocycles. The number of hydrogen-bond donors (Lipinski definition) is 2. The molecule has 4 amide bonds. The zero-order valence-electron chi connectivity index (χ0n) is 17.8. The molecule has 3 rings (SSSR count). The van der Waals surface area contributed by atoms with E-state index in [0.717, 1.165) is 31.0 Å². The van der Waals surface area contributed by atoms with Gasteiger partial charge in [-0.15, -0.1) is 0 Å². The van der Waals surface area contributed by atoms with Crippen LogP contribution in [-0.2, 0) is 16.0 Å². The van der Waals surface area contributed by atoms with Crippen LogP contribution in [0.3, 0.4) is 0 Å². The zero-order chi connectivity index (χ0) is 21.2. The Labute approximate surface area is 172 Å². The van der Waals surface area contributed by atoms with Crippen LogP contribution in [0.1, 0.15) is 46.1 Å². The molecule has 0 bridgehead atoms. The first-order chi connectivity index (χ1) is 13.8. The molecule has 0 radical (unpaired) electrons. The van der Waals surface area contributed by atoms with E-state index in [1.807, 2.05) is 24.3 Å². The Kier molecular flexibility index (Phi) is 6.27. The predicted octanol–water partition coefficient (Wildman–Crippen LogP) is 2.62. The highest BCUT2D eigenvalue weighted by atomic mass is 16.2. The van der Waals surface area contributed by atoms with E-state index in [1.165, 1.54) is 5.56 Å². The Morgan fingerprint density at radius 2 is 1.76 bits per heavy atom. The molecule has 2 fully saturated rings. The summed E-state index contributed by atoms with van der Waals surface area (Å²) in [5.41, 5.74) is 0.959. The lowest BCUT2D eigenvalue weighted by molar-refractivity contribution is -0.137. The number of carbonyl (C=O) groups excluding carboxylic acids is 3. The number of nitrogens with zero attached hydrogens (tertiary/aromatic N) is 2. The topological polar surface area (TPSA) is 81.8 Å². The van der Waals surface area contributed by atoms with Crippen molar-refractivity contribution in [3.8, 4) is 0 Å². The average Bonchev–Trinajstić information content (AvgIpc) is 2.93. The number of benzene rings is 1. The SMILES string of the molecule is CCc1ccc(NC(=O)C(C)N2C(=O)NC3(CCN(CC(C)C)CC3)C2=O)cc1. The third-order valence-electron chi connectivity index (χ3n) is 5.92. The molecule has 2 aliphatic heterocycles. The fraction of sp³-hybridized carbons (Fsp3) is 0.591. The molecular formula is C22H32N4O3. The van der Waals surface area contributed by atoms with Crippen molar-refractivity contribution in [2.75, 3.05) is 25.0 Å². The molecule has 2 aliphatic rings. The van der Waals surface area contributed by atoms with Crippen LogP contribution >= 0.6 is 0 Å². The second-order valence-corrected chi connectivity index (χ2v) is 8.60. The van der Waals surface area contributed by atoms with Crippen molar-refractivity contribution in [1.29, 1.82) is 0 Å². The average molecular weight is 401 g/mol. The smallest absolute Gasteiger partial charge is 0.324 e. The van der Waals surface area contributed by atoms with Crippen molar-refractivity contribution < 1.29 is 14.4 Å². The normalized spacial score (nSPS) is 20.2. The minimum atomic E-state index is -0.874. The Morgan fingerprint density at radius 3 is 2.31 bits per heavy atom. The van der Waals surface area contributed by atoms with E-state index in [2.05, 4.69) is 36.3 Å². The van der Waals surface area contributed by atoms with E-state index in [-0.39, 0.29) is 11.8 Å². The summed E-state index contributed by atoms with van der Waals surface area (Å²) in [6.07, 6.45) is 2.07. The maximum absolute atomic E-state index is 13.1. The number of imide groups is 1. The Morgan fingerprint density at radius 1 is 1.14 bits per heavy atom. The van der Waals surface area contributed by atoms with E-state index >= 15 is 0 Å². The molecule has 2 N–H and O–H groups in total. The first-order valence-electron chi connectivity index (χ1n) is 10.5. The Hall–Kier alpha value is -2.41. The van der Waals surface area contributed by atoms with Gasteiger partial charge in [-0.2, -0.15) is 0 Å². The van der Waals surface area contributed by atoms with Crippen LogP contribution in [0, 0.1) is 5.92 Å². The van der Waals surface area contributed by atoms with Gasteiger partial charge in [0.1, 0.15) is 11.6 Å². The van der Waals surface area contributed by atoms with Gasteiger partial charge in [0.05, 0.1) is 0 Å². The van der Waals surface area contributed by atoms with Gasteiger partial charge in [0.2, 0.25) is 5.91 Å². The Bertz CT molecular complexity index is 767. The number of nitrogens with one attached hydrogen (secondary N) is 2. The lowest BCUT2D eigenvalue weighted by Gasteiger charge is -2.38. The van der Waals surface area contributed by atoms with Crippen LogP contribution in [0.5, 0.6) is 0 Å². The first-order valence-corrected chi connectivity index (χ1v) is 10.5. The van der Waals surface area contributed by atoms with Crippen molar-refractivity contribution in [3.63, 3.8) is 0 Å². The van der Waals surface area contributed by atoms with Crippen molar-refractivity contribution in [1.82, 2.24) is 15.1 Å². The summed E-state index contributed by atoms with van der Waals surface area (Å²) >= 11 is 0. The van der Waals surface area contributed by atoms with Gasteiger partial charge >= 0.3 is 6.03 Å². The second-order valence-electron chi connectivity index (χ2n) is 8.60. The van der Waals surface area contributed by atoms with Crippen LogP contribution < -0.4 is 10.6 Å². The molecule has 7 nitrogen and oxygen atoms in total. The summed E-state index contributed by atoms with van der Waals surface area (Å²) in [6.45, 7) is 10.5. The maximum atomic E-state index is 13.1. The molecule has 7 heteroatoms. The molecule has 1 spiro atoms. The number of hydrogen-bond acceptors (Lipinski definition) is 4. The molecule has 1 aromatic rings. The monoisotopic (exact) mass is 400 g/mol. The predicted molar refractivity (Wildman–Crippen MR) is 113 cm³/mol. The standard InChI is InChI=1S/C22H32N4O3/c1-5-17-6-8-18(9-7-17)23-19(27)16(4)26-20(28)22(24-21(26)29)10-12-25(13-11-22)14-15(2)3/h6-9,15-16H,5,10-14H2,1-4H3,(H,23,27)(H,24,29). The van der Waals surface area contributed by atoms with E-state index in [0.29, 0.717) is 24.4 Å². The van der Waals surface area contributed by atoms with Gasteiger partial charge in [-0.05, 0) is 49.8 Å². The number of rotatable bonds is 6. The minimum Gasteiger partial charge on any atom is -0.324 e. The number of amides is 4. The molecule has 158 valence electrons. The third-order valence-corrected chi connectivity index (χ3v) is 5.92. The van der Waals surface area contributed by atoms with Gasteiger partial charge in [-0.25, -0.2) is 9.69 Å². The molecular weight excluding hydrogens is 368 g/mol. The van der Waals surface area contributed by atoms with E-state index in [1.54, 1.807) is 6.92 Å². The van der Waals surface area contributed by atoms with E-state index in [4.69, 9.17) is 0 Å². The summed E-state index contributed by atoms with van der Waals surface area (Å²) in [5.74, 6) is -0.0905. The summed E-state index contributed by atoms with van der Waals surface area (Å²) in [4.78, 5) is 41.9. The summed E-state index contributed by atoms with van der Waals surface area (Å²) in [6, 6.07) is 6.22. The van der Waals surface area contributed by atoms with Gasteiger partial charge in [0.25, 0.3) is 5.91 Å². The lowest BCUT2D eigenvalue weighted by Crippen LogP contribution is -2.56. The van der Waals surface area contributed by atoms with Gasteiger partial charge in [-0.1, -0.05) is 32.9 Å². The summed E-state index contributed by atoms with van der Waals surface area (Å²) in [7, 11) is 0. The van der Waals surface area contributed by atoms with Crippen molar-refractivity contribution in [2.24, 2.45) is 5.92 Å². The van der Waals surface area contributed by atoms with Crippen LogP contribution in [0.15, 0.2) is 24.3 Å².